The molecule has 0 atom stereocenters. The summed E-state index contributed by atoms with van der Waals surface area (Å²) in [5.74, 6) is 1.28. The number of hydrogen-bond donors (Lipinski definition) is 1. The van der Waals surface area contributed by atoms with E-state index in [1.807, 2.05) is 72.0 Å². The van der Waals surface area contributed by atoms with Gasteiger partial charge in [0.2, 0.25) is 5.91 Å². The topological polar surface area (TPSA) is 85.3 Å². The maximum absolute atomic E-state index is 12.5. The summed E-state index contributed by atoms with van der Waals surface area (Å²) in [6, 6.07) is 19.1. The summed E-state index contributed by atoms with van der Waals surface area (Å²) < 4.78 is 7.43. The quantitative estimate of drug-likeness (QED) is 0.423. The fraction of sp³-hybridized carbons (Fsp3) is 0.0909. The van der Waals surface area contributed by atoms with Crippen LogP contribution in [0.5, 0.6) is 0 Å². The Bertz CT molecular complexity index is 1360. The van der Waals surface area contributed by atoms with Crippen LogP contribution in [0.1, 0.15) is 5.56 Å². The number of para-hydroxylation sites is 1. The highest BCUT2D eigenvalue weighted by Gasteiger charge is 2.18. The van der Waals surface area contributed by atoms with Crippen molar-refractivity contribution < 1.29 is 9.21 Å². The first-order valence-electron chi connectivity index (χ1n) is 9.36. The molecule has 0 saturated heterocycles. The average Bonchev–Trinajstić information content (AvgIpc) is 3.42. The molecule has 3 heterocycles. The minimum atomic E-state index is -0.115. The first-order valence-corrected chi connectivity index (χ1v) is 10.3. The highest BCUT2D eigenvalue weighted by molar-refractivity contribution is 7.99. The van der Waals surface area contributed by atoms with E-state index in [4.69, 9.17) is 9.40 Å². The number of anilines is 1. The van der Waals surface area contributed by atoms with Crippen LogP contribution in [-0.4, -0.2) is 31.2 Å². The molecule has 3 aromatic heterocycles. The molecule has 5 rings (SSSR count). The van der Waals surface area contributed by atoms with Crippen LogP contribution in [0.15, 0.2) is 76.5 Å². The van der Waals surface area contributed by atoms with Crippen LogP contribution >= 0.6 is 11.8 Å². The number of rotatable bonds is 5. The van der Waals surface area contributed by atoms with Crippen molar-refractivity contribution in [3.63, 3.8) is 0 Å². The Hall–Kier alpha value is -3.65. The van der Waals surface area contributed by atoms with Gasteiger partial charge in [0.25, 0.3) is 0 Å². The summed E-state index contributed by atoms with van der Waals surface area (Å²) in [7, 11) is 0. The highest BCUT2D eigenvalue weighted by atomic mass is 32.2. The molecule has 0 fully saturated rings. The van der Waals surface area contributed by atoms with Crippen LogP contribution in [-0.2, 0) is 4.79 Å². The van der Waals surface area contributed by atoms with Crippen LogP contribution in [0.2, 0.25) is 0 Å². The number of aromatic nitrogens is 4. The number of fused-ring (bicyclic) bond motifs is 3. The van der Waals surface area contributed by atoms with Gasteiger partial charge in [0.05, 0.1) is 17.5 Å². The number of hydrogen-bond acceptors (Lipinski definition) is 6. The maximum Gasteiger partial charge on any atom is 0.234 e. The second-order valence-electron chi connectivity index (χ2n) is 6.78. The normalized spacial score (nSPS) is 11.2. The van der Waals surface area contributed by atoms with E-state index in [-0.39, 0.29) is 11.7 Å². The number of carbonyl (C=O) groups is 1. The summed E-state index contributed by atoms with van der Waals surface area (Å²) in [4.78, 5) is 17.2. The lowest BCUT2D eigenvalue weighted by Crippen LogP contribution is -2.14. The molecule has 30 heavy (non-hydrogen) atoms. The molecule has 7 nitrogen and oxygen atoms in total. The summed E-state index contributed by atoms with van der Waals surface area (Å²) in [5.41, 5.74) is 3.34. The lowest BCUT2D eigenvalue weighted by Gasteiger charge is -2.08. The van der Waals surface area contributed by atoms with Crippen molar-refractivity contribution >= 4 is 39.9 Å². The fourth-order valence-corrected chi connectivity index (χ4v) is 4.01. The SMILES string of the molecule is Cc1cccc(NC(=O)CSc2nnc3c4ccccc4nc(-c4ccco4)n23)c1. The lowest BCUT2D eigenvalue weighted by molar-refractivity contribution is -0.113. The highest BCUT2D eigenvalue weighted by Crippen LogP contribution is 2.29. The molecule has 1 N–H and O–H groups in total. The maximum atomic E-state index is 12.5. The largest absolute Gasteiger partial charge is 0.461 e. The number of thioether (sulfide) groups is 1. The monoisotopic (exact) mass is 415 g/mol. The molecular weight excluding hydrogens is 398 g/mol. The van der Waals surface area contributed by atoms with Gasteiger partial charge in [0, 0.05) is 11.1 Å². The minimum Gasteiger partial charge on any atom is -0.461 e. The van der Waals surface area contributed by atoms with Crippen molar-refractivity contribution in [3.05, 3.63) is 72.5 Å². The number of nitrogens with one attached hydrogen (secondary N) is 1. The van der Waals surface area contributed by atoms with Crippen molar-refractivity contribution in [1.29, 1.82) is 0 Å². The number of furan rings is 1. The molecule has 0 aliphatic heterocycles. The van der Waals surface area contributed by atoms with Gasteiger partial charge in [0.15, 0.2) is 22.4 Å². The summed E-state index contributed by atoms with van der Waals surface area (Å²) in [6.45, 7) is 1.99. The Morgan fingerprint density at radius 3 is 2.83 bits per heavy atom. The molecule has 0 saturated carbocycles. The van der Waals surface area contributed by atoms with Gasteiger partial charge in [0.1, 0.15) is 0 Å². The van der Waals surface area contributed by atoms with Gasteiger partial charge in [-0.2, -0.15) is 0 Å². The van der Waals surface area contributed by atoms with E-state index in [2.05, 4.69) is 15.5 Å². The Morgan fingerprint density at radius 1 is 1.10 bits per heavy atom. The van der Waals surface area contributed by atoms with Crippen molar-refractivity contribution in [1.82, 2.24) is 19.6 Å². The van der Waals surface area contributed by atoms with E-state index in [1.165, 1.54) is 11.8 Å². The Balaban J connectivity index is 1.49. The van der Waals surface area contributed by atoms with Crippen molar-refractivity contribution in [3.8, 4) is 11.6 Å². The van der Waals surface area contributed by atoms with Crippen LogP contribution in [0.25, 0.3) is 28.1 Å². The summed E-state index contributed by atoms with van der Waals surface area (Å²) in [6.07, 6.45) is 1.60. The van der Waals surface area contributed by atoms with E-state index in [0.717, 1.165) is 22.2 Å². The Morgan fingerprint density at radius 2 is 2.00 bits per heavy atom. The van der Waals surface area contributed by atoms with E-state index in [1.54, 1.807) is 6.26 Å². The molecule has 8 heteroatoms. The van der Waals surface area contributed by atoms with E-state index in [9.17, 15) is 4.79 Å². The molecule has 2 aromatic carbocycles. The Kier molecular flexibility index (Phi) is 4.68. The summed E-state index contributed by atoms with van der Waals surface area (Å²) in [5, 5.41) is 13.1. The number of aryl methyl sites for hydroxylation is 1. The van der Waals surface area contributed by atoms with E-state index in [0.29, 0.717) is 22.4 Å². The third-order valence-corrected chi connectivity index (χ3v) is 5.52. The van der Waals surface area contributed by atoms with Crippen LogP contribution in [0, 0.1) is 6.92 Å². The van der Waals surface area contributed by atoms with Crippen LogP contribution in [0.3, 0.4) is 0 Å². The molecule has 0 spiro atoms. The Labute approximate surface area is 176 Å². The molecule has 5 aromatic rings. The molecule has 0 unspecified atom stereocenters. The first-order chi connectivity index (χ1) is 14.7. The van der Waals surface area contributed by atoms with Crippen molar-refractivity contribution in [2.45, 2.75) is 12.1 Å². The molecule has 0 aliphatic carbocycles. The van der Waals surface area contributed by atoms with Gasteiger partial charge in [-0.05, 0) is 48.9 Å². The van der Waals surface area contributed by atoms with E-state index < -0.39 is 0 Å². The van der Waals surface area contributed by atoms with Crippen molar-refractivity contribution in [2.24, 2.45) is 0 Å². The fourth-order valence-electron chi connectivity index (χ4n) is 3.27. The first kappa shape index (κ1) is 18.4. The predicted molar refractivity (Wildman–Crippen MR) is 117 cm³/mol. The second-order valence-corrected chi connectivity index (χ2v) is 7.72. The van der Waals surface area contributed by atoms with Gasteiger partial charge >= 0.3 is 0 Å². The van der Waals surface area contributed by atoms with Gasteiger partial charge < -0.3 is 9.73 Å². The van der Waals surface area contributed by atoms with E-state index >= 15 is 0 Å². The average molecular weight is 415 g/mol. The van der Waals surface area contributed by atoms with Gasteiger partial charge in [-0.15, -0.1) is 10.2 Å². The third kappa shape index (κ3) is 3.42. The van der Waals surface area contributed by atoms with Crippen LogP contribution < -0.4 is 5.32 Å². The number of benzene rings is 2. The predicted octanol–water partition coefficient (Wildman–Crippen LogP) is 4.58. The van der Waals surface area contributed by atoms with Crippen LogP contribution in [0.4, 0.5) is 5.69 Å². The standard InChI is InChI=1S/C22H17N5O2S/c1-14-6-4-7-15(12-14)23-19(28)13-30-22-26-25-20-16-8-2-3-9-17(16)24-21(27(20)22)18-10-5-11-29-18/h2-12H,13H2,1H3,(H,23,28). The number of nitrogens with zero attached hydrogens (tertiary/aromatic N) is 4. The molecule has 0 aliphatic rings. The molecular formula is C22H17N5O2S. The molecule has 148 valence electrons. The van der Waals surface area contributed by atoms with Gasteiger partial charge in [-0.25, -0.2) is 4.98 Å². The molecule has 0 radical (unpaired) electrons. The zero-order valence-corrected chi connectivity index (χ0v) is 16.9. The number of amides is 1. The zero-order valence-electron chi connectivity index (χ0n) is 16.1. The smallest absolute Gasteiger partial charge is 0.234 e. The third-order valence-electron chi connectivity index (χ3n) is 4.59. The molecule has 0 bridgehead atoms. The van der Waals surface area contributed by atoms with Crippen molar-refractivity contribution in [2.75, 3.05) is 11.1 Å². The second kappa shape index (κ2) is 7.64. The minimum absolute atomic E-state index is 0.115. The van der Waals surface area contributed by atoms with Gasteiger partial charge in [-0.3, -0.25) is 9.20 Å². The van der Waals surface area contributed by atoms with Gasteiger partial charge in [-0.1, -0.05) is 36.0 Å². The molecule has 1 amide bonds. The zero-order chi connectivity index (χ0) is 20.5. The lowest BCUT2D eigenvalue weighted by atomic mass is 10.2. The number of carbonyl (C=O) groups excluding carboxylic acids is 1. The summed E-state index contributed by atoms with van der Waals surface area (Å²) >= 11 is 1.30.